The van der Waals surface area contributed by atoms with Crippen molar-refractivity contribution < 1.29 is 32.7 Å². The van der Waals surface area contributed by atoms with Gasteiger partial charge in [0.05, 0.1) is 6.42 Å². The van der Waals surface area contributed by atoms with Gasteiger partial charge in [-0.1, -0.05) is 18.2 Å². The first-order valence-electron chi connectivity index (χ1n) is 7.99. The van der Waals surface area contributed by atoms with E-state index in [1.54, 1.807) is 30.5 Å². The van der Waals surface area contributed by atoms with E-state index in [-0.39, 0.29) is 6.42 Å². The molecule has 7 nitrogen and oxygen atoms in total. The van der Waals surface area contributed by atoms with Crippen LogP contribution in [0, 0.1) is 0 Å². The Morgan fingerprint density at radius 2 is 1.81 bits per heavy atom. The summed E-state index contributed by atoms with van der Waals surface area (Å²) < 4.78 is 37.6. The van der Waals surface area contributed by atoms with Gasteiger partial charge in [0.15, 0.2) is 0 Å². The topological polar surface area (TPSA) is 111 Å². The molecule has 146 valence electrons. The number of benzene rings is 1. The largest absolute Gasteiger partial charge is 0.480 e. The number of carbonyl (C=O) groups is 3. The van der Waals surface area contributed by atoms with Crippen LogP contribution in [0.25, 0.3) is 10.9 Å². The number of carboxylic acid groups (broad SMARTS) is 1. The van der Waals surface area contributed by atoms with Crippen molar-refractivity contribution in [2.24, 2.45) is 0 Å². The van der Waals surface area contributed by atoms with Crippen molar-refractivity contribution in [3.05, 3.63) is 36.0 Å². The number of H-pyrrole nitrogens is 1. The van der Waals surface area contributed by atoms with Crippen LogP contribution >= 0.6 is 0 Å². The Hall–Kier alpha value is -3.04. The third-order valence-electron chi connectivity index (χ3n) is 3.84. The van der Waals surface area contributed by atoms with Gasteiger partial charge in [-0.3, -0.25) is 9.59 Å². The van der Waals surface area contributed by atoms with E-state index in [4.69, 9.17) is 5.11 Å². The molecule has 2 aromatic rings. The lowest BCUT2D eigenvalue weighted by Crippen LogP contribution is -2.53. The zero-order valence-corrected chi connectivity index (χ0v) is 14.3. The molecule has 0 fully saturated rings. The lowest BCUT2D eigenvalue weighted by atomic mass is 10.0. The quantitative estimate of drug-likeness (QED) is 0.582. The summed E-state index contributed by atoms with van der Waals surface area (Å²) in [7, 11) is 0. The summed E-state index contributed by atoms with van der Waals surface area (Å²) >= 11 is 0. The molecule has 0 radical (unpaired) electrons. The van der Waals surface area contributed by atoms with Crippen LogP contribution in [-0.2, 0) is 20.8 Å². The molecule has 27 heavy (non-hydrogen) atoms. The van der Waals surface area contributed by atoms with E-state index in [0.717, 1.165) is 17.8 Å². The molecule has 2 atom stereocenters. The van der Waals surface area contributed by atoms with E-state index in [9.17, 15) is 27.6 Å². The van der Waals surface area contributed by atoms with Crippen LogP contribution in [0.5, 0.6) is 0 Å². The fraction of sp³-hybridized carbons (Fsp3) is 0.353. The van der Waals surface area contributed by atoms with E-state index in [1.807, 2.05) is 5.32 Å². The predicted octanol–water partition coefficient (Wildman–Crippen LogP) is 1.74. The minimum Gasteiger partial charge on any atom is -0.480 e. The zero-order chi connectivity index (χ0) is 20.2. The van der Waals surface area contributed by atoms with Crippen molar-refractivity contribution in [1.82, 2.24) is 15.6 Å². The number of rotatable bonds is 7. The number of halogens is 3. The van der Waals surface area contributed by atoms with Crippen LogP contribution in [0.3, 0.4) is 0 Å². The molecule has 1 aromatic heterocycles. The number of carbonyl (C=O) groups excluding carboxylic acids is 2. The highest BCUT2D eigenvalue weighted by atomic mass is 19.4. The summed E-state index contributed by atoms with van der Waals surface area (Å²) in [5.41, 5.74) is 1.44. The summed E-state index contributed by atoms with van der Waals surface area (Å²) in [5, 5.41) is 13.9. The number of aromatic nitrogens is 1. The molecule has 2 amide bonds. The molecular formula is C17H18F3N3O4. The van der Waals surface area contributed by atoms with E-state index < -0.39 is 42.5 Å². The number of para-hydroxylation sites is 1. The molecule has 4 N–H and O–H groups in total. The van der Waals surface area contributed by atoms with Gasteiger partial charge in [-0.2, -0.15) is 13.2 Å². The van der Waals surface area contributed by atoms with Gasteiger partial charge in [0, 0.05) is 30.4 Å². The van der Waals surface area contributed by atoms with Crippen molar-refractivity contribution in [3.8, 4) is 0 Å². The fourth-order valence-electron chi connectivity index (χ4n) is 2.68. The highest BCUT2D eigenvalue weighted by Crippen LogP contribution is 2.22. The van der Waals surface area contributed by atoms with Crippen LogP contribution in [0.4, 0.5) is 13.2 Å². The highest BCUT2D eigenvalue weighted by molar-refractivity contribution is 5.91. The number of fused-ring (bicyclic) bond motifs is 1. The molecule has 0 aliphatic heterocycles. The van der Waals surface area contributed by atoms with Crippen molar-refractivity contribution in [2.75, 3.05) is 0 Å². The van der Waals surface area contributed by atoms with E-state index in [1.165, 1.54) is 0 Å². The first-order chi connectivity index (χ1) is 12.6. The summed E-state index contributed by atoms with van der Waals surface area (Å²) in [4.78, 5) is 37.8. The number of aromatic amines is 1. The molecule has 1 heterocycles. The Labute approximate surface area is 151 Å². The van der Waals surface area contributed by atoms with Crippen LogP contribution in [0.15, 0.2) is 30.5 Å². The second-order valence-electron chi connectivity index (χ2n) is 6.04. The fourth-order valence-corrected chi connectivity index (χ4v) is 2.68. The maximum atomic E-state index is 12.5. The Morgan fingerprint density at radius 1 is 1.15 bits per heavy atom. The van der Waals surface area contributed by atoms with Crippen molar-refractivity contribution >= 4 is 28.7 Å². The van der Waals surface area contributed by atoms with Gasteiger partial charge < -0.3 is 20.7 Å². The van der Waals surface area contributed by atoms with Gasteiger partial charge in [-0.15, -0.1) is 0 Å². The first-order valence-corrected chi connectivity index (χ1v) is 7.99. The highest BCUT2D eigenvalue weighted by Gasteiger charge is 2.37. The molecule has 0 aliphatic carbocycles. The lowest BCUT2D eigenvalue weighted by molar-refractivity contribution is -0.160. The number of hydrogen-bond donors (Lipinski definition) is 4. The monoisotopic (exact) mass is 385 g/mol. The molecule has 0 saturated carbocycles. The standard InChI is InChI=1S/C17H18F3N3O4/c1-9(24)22-13(6-10-8-21-12-5-3-2-4-11(10)12)15(25)23-14(16(26)27)7-17(18,19)20/h2-5,8,13-14,21H,6-7H2,1H3,(H,22,24)(H,23,25)(H,26,27). The van der Waals surface area contributed by atoms with Crippen LogP contribution in [0.1, 0.15) is 18.9 Å². The Bertz CT molecular complexity index is 847. The minimum absolute atomic E-state index is 0.0201. The Morgan fingerprint density at radius 3 is 2.41 bits per heavy atom. The van der Waals surface area contributed by atoms with Gasteiger partial charge in [-0.05, 0) is 11.6 Å². The number of hydrogen-bond acceptors (Lipinski definition) is 3. The smallest absolute Gasteiger partial charge is 0.391 e. The second-order valence-corrected chi connectivity index (χ2v) is 6.04. The number of alkyl halides is 3. The van der Waals surface area contributed by atoms with E-state index in [2.05, 4.69) is 10.3 Å². The first kappa shape index (κ1) is 20.3. The molecule has 1 aromatic carbocycles. The van der Waals surface area contributed by atoms with Gasteiger partial charge in [0.1, 0.15) is 12.1 Å². The molecular weight excluding hydrogens is 367 g/mol. The third-order valence-corrected chi connectivity index (χ3v) is 3.84. The average molecular weight is 385 g/mol. The lowest BCUT2D eigenvalue weighted by Gasteiger charge is -2.21. The summed E-state index contributed by atoms with van der Waals surface area (Å²) in [6, 6.07) is 3.80. The van der Waals surface area contributed by atoms with Gasteiger partial charge in [0.25, 0.3) is 0 Å². The Kier molecular flexibility index (Phi) is 6.09. The zero-order valence-electron chi connectivity index (χ0n) is 14.3. The van der Waals surface area contributed by atoms with Crippen molar-refractivity contribution in [2.45, 2.75) is 38.0 Å². The van der Waals surface area contributed by atoms with Gasteiger partial charge in [-0.25, -0.2) is 4.79 Å². The van der Waals surface area contributed by atoms with Gasteiger partial charge >= 0.3 is 12.1 Å². The van der Waals surface area contributed by atoms with Gasteiger partial charge in [0.2, 0.25) is 11.8 Å². The Balaban J connectivity index is 2.20. The molecule has 2 unspecified atom stereocenters. The molecule has 0 saturated heterocycles. The predicted molar refractivity (Wildman–Crippen MR) is 89.8 cm³/mol. The second kappa shape index (κ2) is 8.11. The molecule has 0 bridgehead atoms. The van der Waals surface area contributed by atoms with Crippen molar-refractivity contribution in [1.29, 1.82) is 0 Å². The minimum atomic E-state index is -4.77. The normalized spacial score (nSPS) is 13.8. The summed E-state index contributed by atoms with van der Waals surface area (Å²) in [6.07, 6.45) is -4.88. The molecule has 0 aliphatic rings. The SMILES string of the molecule is CC(=O)NC(Cc1c[nH]c2ccccc12)C(=O)NC(CC(F)(F)F)C(=O)O. The van der Waals surface area contributed by atoms with Crippen molar-refractivity contribution in [3.63, 3.8) is 0 Å². The number of aliphatic carboxylic acids is 1. The number of amides is 2. The average Bonchev–Trinajstić information content (AvgIpc) is 2.95. The van der Waals surface area contributed by atoms with E-state index in [0.29, 0.717) is 5.56 Å². The van der Waals surface area contributed by atoms with Crippen LogP contribution in [0.2, 0.25) is 0 Å². The summed E-state index contributed by atoms with van der Waals surface area (Å²) in [5.74, 6) is -3.39. The summed E-state index contributed by atoms with van der Waals surface area (Å²) in [6.45, 7) is 1.15. The molecule has 0 spiro atoms. The number of nitrogens with one attached hydrogen (secondary N) is 3. The van der Waals surface area contributed by atoms with Crippen LogP contribution in [-0.4, -0.2) is 46.1 Å². The molecule has 2 rings (SSSR count). The van der Waals surface area contributed by atoms with Crippen LogP contribution < -0.4 is 10.6 Å². The van der Waals surface area contributed by atoms with E-state index >= 15 is 0 Å². The third kappa shape index (κ3) is 5.73. The molecule has 10 heteroatoms. The maximum Gasteiger partial charge on any atom is 0.391 e. The number of carboxylic acids is 1. The maximum absolute atomic E-state index is 12.5.